The van der Waals surface area contributed by atoms with Crippen molar-refractivity contribution in [2.45, 2.75) is 57.1 Å². The lowest BCUT2D eigenvalue weighted by Gasteiger charge is -2.17. The molecule has 0 spiro atoms. The summed E-state index contributed by atoms with van der Waals surface area (Å²) < 4.78 is 3.42. The first-order valence-electron chi connectivity index (χ1n) is 9.43. The van der Waals surface area contributed by atoms with Crippen LogP contribution in [0.4, 0.5) is 5.82 Å². The Balaban J connectivity index is 1.86. The number of thioether (sulfide) groups is 1. The molecule has 0 aliphatic carbocycles. The maximum Gasteiger partial charge on any atom is 0.262 e. The van der Waals surface area contributed by atoms with Crippen molar-refractivity contribution in [3.63, 3.8) is 0 Å². The van der Waals surface area contributed by atoms with Gasteiger partial charge in [0.25, 0.3) is 5.56 Å². The van der Waals surface area contributed by atoms with Crippen LogP contribution < -0.4 is 10.9 Å². The predicted molar refractivity (Wildman–Crippen MR) is 113 cm³/mol. The molecule has 1 N–H and O–H groups in total. The normalized spacial score (nSPS) is 12.5. The Kier molecular flexibility index (Phi) is 6.18. The van der Waals surface area contributed by atoms with Gasteiger partial charge in [0.1, 0.15) is 5.82 Å². The number of para-hydroxylation sites is 1. The molecule has 0 saturated carbocycles. The lowest BCUT2D eigenvalue weighted by atomic mass is 10.2. The van der Waals surface area contributed by atoms with Gasteiger partial charge >= 0.3 is 0 Å². The highest BCUT2D eigenvalue weighted by molar-refractivity contribution is 8.00. The van der Waals surface area contributed by atoms with E-state index in [0.29, 0.717) is 28.4 Å². The minimum Gasteiger partial charge on any atom is -0.310 e. The first-order valence-corrected chi connectivity index (χ1v) is 10.3. The van der Waals surface area contributed by atoms with E-state index in [1.165, 1.54) is 11.8 Å². The van der Waals surface area contributed by atoms with Gasteiger partial charge in [0.2, 0.25) is 5.91 Å². The van der Waals surface area contributed by atoms with Crippen LogP contribution in [0.1, 0.15) is 40.2 Å². The molecule has 0 saturated heterocycles. The second-order valence-electron chi connectivity index (χ2n) is 6.87. The van der Waals surface area contributed by atoms with Crippen molar-refractivity contribution in [1.82, 2.24) is 19.3 Å². The molecule has 28 heavy (non-hydrogen) atoms. The van der Waals surface area contributed by atoms with Crippen LogP contribution >= 0.6 is 11.8 Å². The average Bonchev–Trinajstić information content (AvgIpc) is 3.13. The number of carbonyl (C=O) groups excluding carboxylic acids is 1. The number of hydrogen-bond donors (Lipinski definition) is 1. The number of benzene rings is 1. The van der Waals surface area contributed by atoms with Crippen molar-refractivity contribution >= 4 is 34.4 Å². The van der Waals surface area contributed by atoms with Crippen LogP contribution in [0.2, 0.25) is 0 Å². The third-order valence-corrected chi connectivity index (χ3v) is 5.43. The molecular formula is C20H25N5O2S. The van der Waals surface area contributed by atoms with E-state index in [-0.39, 0.29) is 17.5 Å². The second kappa shape index (κ2) is 8.60. The molecule has 7 nitrogen and oxygen atoms in total. The molecule has 0 aliphatic rings. The fourth-order valence-electron chi connectivity index (χ4n) is 2.92. The standard InChI is InChI=1S/C20H25N5O2S/c1-5-12-24-19(27)15-8-6-7-9-16(15)22-20(24)28-14(4)18(26)23-17-10-11-21-25(17)13(2)3/h6-11,13-14H,5,12H2,1-4H3,(H,23,26). The number of hydrogen-bond acceptors (Lipinski definition) is 5. The number of amides is 1. The van der Waals surface area contributed by atoms with Crippen molar-refractivity contribution in [1.29, 1.82) is 0 Å². The predicted octanol–water partition coefficient (Wildman–Crippen LogP) is 3.70. The number of fused-ring (bicyclic) bond motifs is 1. The maximum atomic E-state index is 12.9. The Labute approximate surface area is 168 Å². The number of nitrogens with one attached hydrogen (secondary N) is 1. The summed E-state index contributed by atoms with van der Waals surface area (Å²) in [6.45, 7) is 8.40. The number of aromatic nitrogens is 4. The molecule has 3 rings (SSSR count). The number of anilines is 1. The van der Waals surface area contributed by atoms with Crippen molar-refractivity contribution < 1.29 is 4.79 Å². The Bertz CT molecular complexity index is 1040. The second-order valence-corrected chi connectivity index (χ2v) is 8.18. The van der Waals surface area contributed by atoms with Gasteiger partial charge < -0.3 is 5.32 Å². The van der Waals surface area contributed by atoms with Crippen molar-refractivity contribution in [2.24, 2.45) is 0 Å². The number of nitrogens with zero attached hydrogens (tertiary/aromatic N) is 4. The van der Waals surface area contributed by atoms with Crippen LogP contribution in [0.3, 0.4) is 0 Å². The van der Waals surface area contributed by atoms with Crippen LogP contribution in [-0.2, 0) is 11.3 Å². The van der Waals surface area contributed by atoms with Crippen LogP contribution in [0.5, 0.6) is 0 Å². The summed E-state index contributed by atoms with van der Waals surface area (Å²) in [5, 5.41) is 7.89. The van der Waals surface area contributed by atoms with E-state index >= 15 is 0 Å². The molecule has 1 aromatic carbocycles. The van der Waals surface area contributed by atoms with Gasteiger partial charge in [0.15, 0.2) is 5.16 Å². The van der Waals surface area contributed by atoms with E-state index in [0.717, 1.165) is 6.42 Å². The Hall–Kier alpha value is -2.61. The van der Waals surface area contributed by atoms with Gasteiger partial charge in [-0.15, -0.1) is 0 Å². The summed E-state index contributed by atoms with van der Waals surface area (Å²) >= 11 is 1.29. The Morgan fingerprint density at radius 2 is 1.96 bits per heavy atom. The SMILES string of the molecule is CCCn1c(SC(C)C(=O)Nc2ccnn2C(C)C)nc2ccccc2c1=O. The number of rotatable bonds is 7. The van der Waals surface area contributed by atoms with Gasteiger partial charge in [0, 0.05) is 18.7 Å². The largest absolute Gasteiger partial charge is 0.310 e. The number of carbonyl (C=O) groups is 1. The van der Waals surface area contributed by atoms with E-state index in [9.17, 15) is 9.59 Å². The van der Waals surface area contributed by atoms with Crippen molar-refractivity contribution in [2.75, 3.05) is 5.32 Å². The van der Waals surface area contributed by atoms with Gasteiger partial charge in [-0.25, -0.2) is 9.67 Å². The highest BCUT2D eigenvalue weighted by Crippen LogP contribution is 2.24. The summed E-state index contributed by atoms with van der Waals surface area (Å²) in [4.78, 5) is 30.2. The van der Waals surface area contributed by atoms with Crippen LogP contribution in [-0.4, -0.2) is 30.5 Å². The van der Waals surface area contributed by atoms with Crippen LogP contribution in [0.15, 0.2) is 46.5 Å². The minimum absolute atomic E-state index is 0.0690. The summed E-state index contributed by atoms with van der Waals surface area (Å²) in [5.41, 5.74) is 0.577. The van der Waals surface area contributed by atoms with Gasteiger partial charge in [-0.3, -0.25) is 14.2 Å². The fraction of sp³-hybridized carbons (Fsp3) is 0.400. The van der Waals surface area contributed by atoms with Gasteiger partial charge in [0.05, 0.1) is 22.3 Å². The summed E-state index contributed by atoms with van der Waals surface area (Å²) in [5.74, 6) is 0.503. The zero-order valence-electron chi connectivity index (χ0n) is 16.5. The highest BCUT2D eigenvalue weighted by atomic mass is 32.2. The highest BCUT2D eigenvalue weighted by Gasteiger charge is 2.20. The lowest BCUT2D eigenvalue weighted by Crippen LogP contribution is -2.27. The van der Waals surface area contributed by atoms with Crippen LogP contribution in [0.25, 0.3) is 10.9 Å². The lowest BCUT2D eigenvalue weighted by molar-refractivity contribution is -0.115. The third kappa shape index (κ3) is 4.11. The topological polar surface area (TPSA) is 81.8 Å². The molecule has 0 bridgehead atoms. The van der Waals surface area contributed by atoms with Gasteiger partial charge in [-0.1, -0.05) is 30.8 Å². The van der Waals surface area contributed by atoms with Gasteiger partial charge in [-0.05, 0) is 39.3 Å². The molecule has 0 aliphatic heterocycles. The van der Waals surface area contributed by atoms with E-state index in [2.05, 4.69) is 15.4 Å². The molecule has 0 radical (unpaired) electrons. The van der Waals surface area contributed by atoms with Crippen molar-refractivity contribution in [3.05, 3.63) is 46.9 Å². The van der Waals surface area contributed by atoms with Gasteiger partial charge in [-0.2, -0.15) is 5.10 Å². The van der Waals surface area contributed by atoms with E-state index in [4.69, 9.17) is 0 Å². The van der Waals surface area contributed by atoms with E-state index in [1.54, 1.807) is 27.6 Å². The van der Waals surface area contributed by atoms with E-state index < -0.39 is 5.25 Å². The Morgan fingerprint density at radius 1 is 1.21 bits per heavy atom. The minimum atomic E-state index is -0.424. The smallest absolute Gasteiger partial charge is 0.262 e. The fourth-order valence-corrected chi connectivity index (χ4v) is 3.86. The molecule has 1 atom stereocenters. The quantitative estimate of drug-likeness (QED) is 0.484. The molecule has 1 unspecified atom stereocenters. The third-order valence-electron chi connectivity index (χ3n) is 4.34. The monoisotopic (exact) mass is 399 g/mol. The Morgan fingerprint density at radius 3 is 2.68 bits per heavy atom. The molecule has 1 amide bonds. The molecule has 0 fully saturated rings. The first kappa shape index (κ1) is 20.1. The first-order chi connectivity index (χ1) is 13.4. The molecule has 8 heteroatoms. The molecule has 2 heterocycles. The molecule has 148 valence electrons. The summed E-state index contributed by atoms with van der Waals surface area (Å²) in [6, 6.07) is 9.22. The van der Waals surface area contributed by atoms with Crippen LogP contribution in [0, 0.1) is 0 Å². The summed E-state index contributed by atoms with van der Waals surface area (Å²) in [6.07, 6.45) is 2.47. The molecule has 2 aromatic heterocycles. The van der Waals surface area contributed by atoms with Crippen molar-refractivity contribution in [3.8, 4) is 0 Å². The molecule has 3 aromatic rings. The molecular weight excluding hydrogens is 374 g/mol. The van der Waals surface area contributed by atoms with E-state index in [1.807, 2.05) is 45.9 Å². The zero-order valence-corrected chi connectivity index (χ0v) is 17.4. The maximum absolute atomic E-state index is 12.9. The average molecular weight is 400 g/mol. The zero-order chi connectivity index (χ0) is 20.3. The summed E-state index contributed by atoms with van der Waals surface area (Å²) in [7, 11) is 0.